The molecule has 0 aromatic carbocycles. The number of aliphatic carboxylic acids is 2. The minimum Gasteiger partial charge on any atom is -0.481 e. The van der Waals surface area contributed by atoms with Gasteiger partial charge >= 0.3 is 17.8 Å². The molecule has 8 nitrogen and oxygen atoms in total. The van der Waals surface area contributed by atoms with Gasteiger partial charge in [0.15, 0.2) is 0 Å². The highest BCUT2D eigenvalue weighted by atomic mass is 16.7. The van der Waals surface area contributed by atoms with Crippen LogP contribution in [0.15, 0.2) is 0 Å². The fourth-order valence-electron chi connectivity index (χ4n) is 1.51. The number of Topliss-reactive ketones (excluding diaryl/α,β-unsaturated/α-hetero) is 1. The normalized spacial score (nSPS) is 24.2. The second-order valence-corrected chi connectivity index (χ2v) is 3.17. The van der Waals surface area contributed by atoms with E-state index in [1.807, 2.05) is 0 Å². The van der Waals surface area contributed by atoms with Gasteiger partial charge in [-0.15, -0.1) is 0 Å². The lowest BCUT2D eigenvalue weighted by Gasteiger charge is -2.43. The van der Waals surface area contributed by atoms with Crippen molar-refractivity contribution in [2.24, 2.45) is 0 Å². The maximum atomic E-state index is 11.3. The quantitative estimate of drug-likeness (QED) is 0.340. The van der Waals surface area contributed by atoms with Gasteiger partial charge in [0.25, 0.3) is 5.78 Å². The lowest BCUT2D eigenvalue weighted by atomic mass is 9.80. The summed E-state index contributed by atoms with van der Waals surface area (Å²) in [6.07, 6.45) is -1.07. The highest BCUT2D eigenvalue weighted by Crippen LogP contribution is 2.33. The highest BCUT2D eigenvalue weighted by molar-refractivity contribution is 6.50. The molecule has 1 amide bonds. The molecule has 1 saturated heterocycles. The summed E-state index contributed by atoms with van der Waals surface area (Å²) in [6.45, 7) is 0. The van der Waals surface area contributed by atoms with Gasteiger partial charge in [-0.3, -0.25) is 19.2 Å². The Labute approximate surface area is 89.3 Å². The average molecular weight is 231 g/mol. The molecule has 1 aliphatic heterocycles. The van der Waals surface area contributed by atoms with Crippen LogP contribution in [0.4, 0.5) is 0 Å². The molecule has 0 aromatic rings. The van der Waals surface area contributed by atoms with Crippen LogP contribution in [0.25, 0.3) is 0 Å². The number of carboxylic acids is 2. The van der Waals surface area contributed by atoms with Crippen molar-refractivity contribution in [2.45, 2.75) is 18.4 Å². The first-order valence-corrected chi connectivity index (χ1v) is 4.26. The Balaban J connectivity index is 2.97. The smallest absolute Gasteiger partial charge is 0.340 e. The van der Waals surface area contributed by atoms with E-state index in [0.717, 1.165) is 7.11 Å². The number of hydroxylamine groups is 2. The van der Waals surface area contributed by atoms with Crippen LogP contribution in [0.2, 0.25) is 0 Å². The molecule has 1 rings (SSSR count). The van der Waals surface area contributed by atoms with Gasteiger partial charge in [0.1, 0.15) is 0 Å². The molecule has 0 bridgehead atoms. The molecule has 1 heterocycles. The number of nitrogens with zero attached hydrogens (tertiary/aromatic N) is 1. The average Bonchev–Trinajstić information content (AvgIpc) is 2.21. The molecule has 0 spiro atoms. The van der Waals surface area contributed by atoms with Gasteiger partial charge in [0.2, 0.25) is 5.54 Å². The summed E-state index contributed by atoms with van der Waals surface area (Å²) in [4.78, 5) is 48.0. The largest absolute Gasteiger partial charge is 0.481 e. The monoisotopic (exact) mass is 231 g/mol. The zero-order valence-corrected chi connectivity index (χ0v) is 8.30. The minimum atomic E-state index is -2.19. The van der Waals surface area contributed by atoms with Crippen molar-refractivity contribution >= 4 is 23.6 Å². The SMILES string of the molecule is CON1C(=O)C(=O)[C@]1(CCC(=O)O)C(=O)O. The van der Waals surface area contributed by atoms with E-state index < -0.39 is 42.0 Å². The summed E-state index contributed by atoms with van der Waals surface area (Å²) >= 11 is 0. The third-order valence-electron chi connectivity index (χ3n) is 2.34. The summed E-state index contributed by atoms with van der Waals surface area (Å²) in [5.74, 6) is -5.11. The number of rotatable bonds is 5. The first-order valence-electron chi connectivity index (χ1n) is 4.26. The summed E-state index contributed by atoms with van der Waals surface area (Å²) < 4.78 is 0. The van der Waals surface area contributed by atoms with Crippen molar-refractivity contribution < 1.29 is 34.2 Å². The first-order chi connectivity index (χ1) is 7.37. The minimum absolute atomic E-state index is 0.389. The molecule has 0 radical (unpaired) electrons. The molecule has 88 valence electrons. The fourth-order valence-corrected chi connectivity index (χ4v) is 1.51. The fraction of sp³-hybridized carbons (Fsp3) is 0.500. The molecule has 1 atom stereocenters. The van der Waals surface area contributed by atoms with Crippen molar-refractivity contribution in [3.05, 3.63) is 0 Å². The highest BCUT2D eigenvalue weighted by Gasteiger charge is 2.66. The van der Waals surface area contributed by atoms with E-state index in [1.165, 1.54) is 0 Å². The molecule has 1 aliphatic rings. The molecule has 2 N–H and O–H groups in total. The molecule has 0 aromatic heterocycles. The second-order valence-electron chi connectivity index (χ2n) is 3.17. The Morgan fingerprint density at radius 1 is 1.38 bits per heavy atom. The van der Waals surface area contributed by atoms with Crippen molar-refractivity contribution in [1.82, 2.24) is 5.06 Å². The van der Waals surface area contributed by atoms with E-state index in [1.54, 1.807) is 0 Å². The second kappa shape index (κ2) is 3.89. The Morgan fingerprint density at radius 2 is 1.94 bits per heavy atom. The molecule has 0 saturated carbocycles. The number of hydrogen-bond donors (Lipinski definition) is 2. The van der Waals surface area contributed by atoms with Gasteiger partial charge < -0.3 is 10.2 Å². The zero-order valence-electron chi connectivity index (χ0n) is 8.30. The maximum Gasteiger partial charge on any atom is 0.340 e. The van der Waals surface area contributed by atoms with Gasteiger partial charge in [0, 0.05) is 12.8 Å². The third-order valence-corrected chi connectivity index (χ3v) is 2.34. The van der Waals surface area contributed by atoms with Crippen LogP contribution in [0.1, 0.15) is 12.8 Å². The molecular weight excluding hydrogens is 222 g/mol. The Morgan fingerprint density at radius 3 is 2.31 bits per heavy atom. The van der Waals surface area contributed by atoms with E-state index in [-0.39, 0.29) is 0 Å². The first kappa shape index (κ1) is 12.1. The standard InChI is InChI=1S/C8H9NO7/c1-16-9-6(13)5(12)8(9,7(14)15)3-2-4(10)11/h2-3H2,1H3,(H,10,11)(H,14,15)/t8-/m1/s1. The van der Waals surface area contributed by atoms with E-state index >= 15 is 0 Å². The predicted molar refractivity (Wildman–Crippen MR) is 46.1 cm³/mol. The Bertz CT molecular complexity index is 377. The number of carbonyl (C=O) groups is 4. The van der Waals surface area contributed by atoms with Crippen LogP contribution in [0.3, 0.4) is 0 Å². The van der Waals surface area contributed by atoms with Gasteiger partial charge in [-0.25, -0.2) is 4.79 Å². The van der Waals surface area contributed by atoms with Crippen LogP contribution >= 0.6 is 0 Å². The van der Waals surface area contributed by atoms with Crippen molar-refractivity contribution in [3.8, 4) is 0 Å². The number of carbonyl (C=O) groups excluding carboxylic acids is 2. The molecule has 0 aliphatic carbocycles. The van der Waals surface area contributed by atoms with Crippen LogP contribution in [-0.4, -0.2) is 51.6 Å². The van der Waals surface area contributed by atoms with E-state index in [0.29, 0.717) is 5.06 Å². The van der Waals surface area contributed by atoms with Crippen LogP contribution in [0.5, 0.6) is 0 Å². The molecule has 1 fully saturated rings. The number of carboxylic acid groups (broad SMARTS) is 2. The number of hydrogen-bond acceptors (Lipinski definition) is 5. The van der Waals surface area contributed by atoms with E-state index in [9.17, 15) is 19.2 Å². The number of β-lactam (4-membered cyclic amide) rings is 1. The van der Waals surface area contributed by atoms with Gasteiger partial charge in [0.05, 0.1) is 7.11 Å². The van der Waals surface area contributed by atoms with Crippen molar-refractivity contribution in [1.29, 1.82) is 0 Å². The molecule has 0 unspecified atom stereocenters. The summed E-state index contributed by atoms with van der Waals surface area (Å²) in [5.41, 5.74) is -2.19. The van der Waals surface area contributed by atoms with E-state index in [2.05, 4.69) is 4.84 Å². The molecular formula is C8H9NO7. The van der Waals surface area contributed by atoms with Crippen molar-refractivity contribution in [2.75, 3.05) is 7.11 Å². The topological polar surface area (TPSA) is 121 Å². The lowest BCUT2D eigenvalue weighted by Crippen LogP contribution is -2.75. The summed E-state index contributed by atoms with van der Waals surface area (Å²) in [7, 11) is 1.03. The van der Waals surface area contributed by atoms with Gasteiger partial charge in [-0.1, -0.05) is 0 Å². The van der Waals surface area contributed by atoms with Crippen LogP contribution in [0, 0.1) is 0 Å². The van der Waals surface area contributed by atoms with Gasteiger partial charge in [-0.2, -0.15) is 5.06 Å². The van der Waals surface area contributed by atoms with Crippen molar-refractivity contribution in [3.63, 3.8) is 0 Å². The van der Waals surface area contributed by atoms with Crippen LogP contribution < -0.4 is 0 Å². The maximum absolute atomic E-state index is 11.3. The summed E-state index contributed by atoms with van der Waals surface area (Å²) in [6, 6.07) is 0. The molecule has 16 heavy (non-hydrogen) atoms. The predicted octanol–water partition coefficient (Wildman–Crippen LogP) is -1.35. The molecule has 8 heteroatoms. The lowest BCUT2D eigenvalue weighted by molar-refractivity contribution is -0.238. The van der Waals surface area contributed by atoms with Gasteiger partial charge in [-0.05, 0) is 0 Å². The number of ketones is 1. The third kappa shape index (κ3) is 1.43. The summed E-state index contributed by atoms with van der Waals surface area (Å²) in [5, 5.41) is 17.7. The van der Waals surface area contributed by atoms with E-state index in [4.69, 9.17) is 10.2 Å². The number of amides is 1. The zero-order chi connectivity index (χ0) is 12.5. The Hall–Kier alpha value is -1.96. The Kier molecular flexibility index (Phi) is 2.95. The van der Waals surface area contributed by atoms with Crippen LogP contribution in [-0.2, 0) is 24.0 Å².